The smallest absolute Gasteiger partial charge is 0.127 e. The number of nitrogens with one attached hydrogen (secondary N) is 2. The summed E-state index contributed by atoms with van der Waals surface area (Å²) in [6, 6.07) is 0. The minimum atomic E-state index is 0.755. The Morgan fingerprint density at radius 1 is 1.28 bits per heavy atom. The van der Waals surface area contributed by atoms with Crippen LogP contribution in [0.1, 0.15) is 33.1 Å². The Morgan fingerprint density at radius 3 is 2.44 bits per heavy atom. The lowest BCUT2D eigenvalue weighted by molar-refractivity contribution is -1.01. The molecule has 1 saturated heterocycles. The van der Waals surface area contributed by atoms with Gasteiger partial charge < -0.3 is 9.80 Å². The number of quaternary nitrogens is 2. The van der Waals surface area contributed by atoms with Crippen molar-refractivity contribution < 1.29 is 9.80 Å². The minimum Gasteiger partial charge on any atom is -0.326 e. The van der Waals surface area contributed by atoms with E-state index in [2.05, 4.69) is 26.5 Å². The van der Waals surface area contributed by atoms with E-state index in [0.29, 0.717) is 0 Å². The highest BCUT2D eigenvalue weighted by molar-refractivity contribution is 5.12. The Hall–Kier alpha value is -0.600. The maximum absolute atomic E-state index is 4.10. The molecule has 1 aliphatic heterocycles. The molecule has 0 bridgehead atoms. The van der Waals surface area contributed by atoms with E-state index in [1.165, 1.54) is 64.1 Å². The van der Waals surface area contributed by atoms with Crippen LogP contribution in [0, 0.1) is 5.92 Å². The molecular weight excluding hydrogens is 220 g/mol. The zero-order valence-corrected chi connectivity index (χ0v) is 12.2. The fourth-order valence-electron chi connectivity index (χ4n) is 3.31. The van der Waals surface area contributed by atoms with Crippen LogP contribution in [0.3, 0.4) is 0 Å². The van der Waals surface area contributed by atoms with Crippen molar-refractivity contribution in [1.29, 1.82) is 0 Å². The van der Waals surface area contributed by atoms with E-state index in [-0.39, 0.29) is 0 Å². The number of piperazine rings is 1. The second-order valence-electron chi connectivity index (χ2n) is 6.21. The molecule has 2 N–H and O–H groups in total. The van der Waals surface area contributed by atoms with Crippen molar-refractivity contribution in [1.82, 2.24) is 0 Å². The van der Waals surface area contributed by atoms with E-state index in [9.17, 15) is 0 Å². The number of allylic oxidation sites excluding steroid dienone is 2. The van der Waals surface area contributed by atoms with Crippen LogP contribution in [0.4, 0.5) is 0 Å². The monoisotopic (exact) mass is 250 g/mol. The first-order valence-corrected chi connectivity index (χ1v) is 7.69. The van der Waals surface area contributed by atoms with Crippen LogP contribution in [-0.4, -0.2) is 39.3 Å². The van der Waals surface area contributed by atoms with Gasteiger partial charge in [0.15, 0.2) is 0 Å². The van der Waals surface area contributed by atoms with Crippen molar-refractivity contribution >= 4 is 0 Å². The highest BCUT2D eigenvalue weighted by atomic mass is 15.3. The van der Waals surface area contributed by atoms with Gasteiger partial charge in [0, 0.05) is 0 Å². The SMILES string of the molecule is C=C(C)[C@@H]1CC=C(C[NH+]2CC[NH+](CC)CC2)CC1. The van der Waals surface area contributed by atoms with Crippen molar-refractivity contribution in [2.24, 2.45) is 5.92 Å². The summed E-state index contributed by atoms with van der Waals surface area (Å²) >= 11 is 0. The molecule has 0 aromatic heterocycles. The highest BCUT2D eigenvalue weighted by Gasteiger charge is 2.23. The third-order valence-corrected chi connectivity index (χ3v) is 4.84. The topological polar surface area (TPSA) is 8.88 Å². The van der Waals surface area contributed by atoms with E-state index in [4.69, 9.17) is 0 Å². The van der Waals surface area contributed by atoms with Gasteiger partial charge in [0.05, 0.1) is 13.1 Å². The standard InChI is InChI=1S/C16H28N2/c1-4-17-9-11-18(12-10-17)13-15-5-7-16(8-6-15)14(2)3/h5,16H,2,4,6-13H2,1,3H3/p+2/t16-/m1/s1. The second kappa shape index (κ2) is 6.53. The lowest BCUT2D eigenvalue weighted by Crippen LogP contribution is -3.28. The van der Waals surface area contributed by atoms with Gasteiger partial charge in [0.25, 0.3) is 0 Å². The third kappa shape index (κ3) is 3.69. The summed E-state index contributed by atoms with van der Waals surface area (Å²) in [6.45, 7) is 16.7. The lowest BCUT2D eigenvalue weighted by atomic mass is 9.85. The normalized spacial score (nSPS) is 33.0. The predicted molar refractivity (Wildman–Crippen MR) is 77.0 cm³/mol. The second-order valence-corrected chi connectivity index (χ2v) is 6.21. The maximum Gasteiger partial charge on any atom is 0.127 e. The molecule has 102 valence electrons. The van der Waals surface area contributed by atoms with Gasteiger partial charge >= 0.3 is 0 Å². The summed E-state index contributed by atoms with van der Waals surface area (Å²) in [5, 5.41) is 0. The highest BCUT2D eigenvalue weighted by Crippen LogP contribution is 2.27. The zero-order chi connectivity index (χ0) is 13.0. The largest absolute Gasteiger partial charge is 0.326 e. The minimum absolute atomic E-state index is 0.755. The summed E-state index contributed by atoms with van der Waals surface area (Å²) in [4.78, 5) is 3.60. The molecule has 0 aromatic carbocycles. The van der Waals surface area contributed by atoms with Crippen LogP contribution in [0.25, 0.3) is 0 Å². The van der Waals surface area contributed by atoms with E-state index in [1.54, 1.807) is 10.5 Å². The van der Waals surface area contributed by atoms with Gasteiger partial charge in [0.2, 0.25) is 0 Å². The summed E-state index contributed by atoms with van der Waals surface area (Å²) in [5.41, 5.74) is 3.08. The third-order valence-electron chi connectivity index (χ3n) is 4.84. The summed E-state index contributed by atoms with van der Waals surface area (Å²) in [5.74, 6) is 0.755. The first-order chi connectivity index (χ1) is 8.69. The average Bonchev–Trinajstić information content (AvgIpc) is 2.40. The van der Waals surface area contributed by atoms with Crippen LogP contribution >= 0.6 is 0 Å². The molecule has 2 rings (SSSR count). The number of rotatable bonds is 4. The Balaban J connectivity index is 1.76. The van der Waals surface area contributed by atoms with E-state index >= 15 is 0 Å². The summed E-state index contributed by atoms with van der Waals surface area (Å²) < 4.78 is 0. The maximum atomic E-state index is 4.10. The molecule has 1 aliphatic carbocycles. The van der Waals surface area contributed by atoms with Crippen LogP contribution in [0.2, 0.25) is 0 Å². The van der Waals surface area contributed by atoms with Gasteiger partial charge in [-0.05, 0) is 44.6 Å². The quantitative estimate of drug-likeness (QED) is 0.655. The first-order valence-electron chi connectivity index (χ1n) is 7.69. The molecule has 0 amide bonds. The Labute approximate surface area is 112 Å². The zero-order valence-electron chi connectivity index (χ0n) is 12.2. The predicted octanol–water partition coefficient (Wildman–Crippen LogP) is 0.0923. The van der Waals surface area contributed by atoms with E-state index in [1.807, 2.05) is 4.90 Å². The Morgan fingerprint density at radius 2 is 1.94 bits per heavy atom. The number of likely N-dealkylation sites (N-methyl/N-ethyl adjacent to an activating group) is 1. The van der Waals surface area contributed by atoms with Gasteiger partial charge in [-0.3, -0.25) is 0 Å². The Kier molecular flexibility index (Phi) is 5.02. The molecule has 1 fully saturated rings. The molecule has 1 atom stereocenters. The van der Waals surface area contributed by atoms with Crippen LogP contribution < -0.4 is 9.80 Å². The van der Waals surface area contributed by atoms with Gasteiger partial charge in [-0.2, -0.15) is 0 Å². The molecule has 1 heterocycles. The molecule has 2 heteroatoms. The molecule has 0 radical (unpaired) electrons. The average molecular weight is 250 g/mol. The van der Waals surface area contributed by atoms with Gasteiger partial charge in [-0.25, -0.2) is 0 Å². The summed E-state index contributed by atoms with van der Waals surface area (Å²) in [7, 11) is 0. The number of hydrogen-bond acceptors (Lipinski definition) is 0. The molecule has 2 nitrogen and oxygen atoms in total. The molecule has 0 unspecified atom stereocenters. The van der Waals surface area contributed by atoms with Gasteiger partial charge in [-0.15, -0.1) is 0 Å². The van der Waals surface area contributed by atoms with Crippen LogP contribution in [-0.2, 0) is 0 Å². The van der Waals surface area contributed by atoms with Crippen molar-refractivity contribution in [3.05, 3.63) is 23.8 Å². The van der Waals surface area contributed by atoms with Crippen molar-refractivity contribution in [2.45, 2.75) is 33.1 Å². The number of hydrogen-bond donors (Lipinski definition) is 2. The fraction of sp³-hybridized carbons (Fsp3) is 0.750. The van der Waals surface area contributed by atoms with Crippen LogP contribution in [0.5, 0.6) is 0 Å². The van der Waals surface area contributed by atoms with Gasteiger partial charge in [-0.1, -0.05) is 18.2 Å². The Bertz CT molecular complexity index is 311. The molecule has 2 aliphatic rings. The fourth-order valence-corrected chi connectivity index (χ4v) is 3.31. The van der Waals surface area contributed by atoms with Crippen molar-refractivity contribution in [3.8, 4) is 0 Å². The lowest BCUT2D eigenvalue weighted by Gasteiger charge is -2.31. The molecule has 0 saturated carbocycles. The van der Waals surface area contributed by atoms with Crippen LogP contribution in [0.15, 0.2) is 23.8 Å². The molecule has 0 aromatic rings. The van der Waals surface area contributed by atoms with E-state index < -0.39 is 0 Å². The first kappa shape index (κ1) is 13.8. The molecule has 18 heavy (non-hydrogen) atoms. The van der Waals surface area contributed by atoms with Gasteiger partial charge in [0.1, 0.15) is 26.2 Å². The van der Waals surface area contributed by atoms with Crippen molar-refractivity contribution in [2.75, 3.05) is 39.3 Å². The molecular formula is C16H30N2+2. The summed E-state index contributed by atoms with van der Waals surface area (Å²) in [6.07, 6.45) is 6.39. The van der Waals surface area contributed by atoms with E-state index in [0.717, 1.165) is 5.92 Å². The molecule has 0 spiro atoms. The van der Waals surface area contributed by atoms with Crippen molar-refractivity contribution in [3.63, 3.8) is 0 Å².